The second kappa shape index (κ2) is 7.85. The Hall–Kier alpha value is -2.24. The smallest absolute Gasteiger partial charge is 0.241 e. The molecule has 0 radical (unpaired) electrons. The standard InChI is InChI=1S/C18H22FN3O/c1-22(2)16(14-9-6-10-15(19)11-14)12-21-18(23)17(20)13-7-4-3-5-8-13/h3-11,16-17H,12,20H2,1-2H3,(H,21,23). The summed E-state index contributed by atoms with van der Waals surface area (Å²) in [6, 6.07) is 14.8. The SMILES string of the molecule is CN(C)C(CNC(=O)C(N)c1ccccc1)c1cccc(F)c1. The molecule has 0 aliphatic carbocycles. The summed E-state index contributed by atoms with van der Waals surface area (Å²) < 4.78 is 13.4. The first kappa shape index (κ1) is 17.1. The van der Waals surface area contributed by atoms with E-state index in [1.807, 2.05) is 55.4 Å². The number of nitrogens with one attached hydrogen (secondary N) is 1. The van der Waals surface area contributed by atoms with Crippen LogP contribution in [0.15, 0.2) is 54.6 Å². The van der Waals surface area contributed by atoms with Crippen molar-refractivity contribution in [1.82, 2.24) is 10.2 Å². The largest absolute Gasteiger partial charge is 0.353 e. The van der Waals surface area contributed by atoms with Gasteiger partial charge >= 0.3 is 0 Å². The Morgan fingerprint density at radius 1 is 1.13 bits per heavy atom. The van der Waals surface area contributed by atoms with Gasteiger partial charge in [0, 0.05) is 6.54 Å². The van der Waals surface area contributed by atoms with E-state index in [1.165, 1.54) is 12.1 Å². The van der Waals surface area contributed by atoms with Gasteiger partial charge in [-0.1, -0.05) is 42.5 Å². The van der Waals surface area contributed by atoms with E-state index in [9.17, 15) is 9.18 Å². The van der Waals surface area contributed by atoms with Gasteiger partial charge in [0.15, 0.2) is 0 Å². The van der Waals surface area contributed by atoms with Crippen molar-refractivity contribution >= 4 is 5.91 Å². The van der Waals surface area contributed by atoms with Gasteiger partial charge in [-0.25, -0.2) is 4.39 Å². The molecule has 0 saturated carbocycles. The van der Waals surface area contributed by atoms with Crippen LogP contribution >= 0.6 is 0 Å². The minimum Gasteiger partial charge on any atom is -0.353 e. The van der Waals surface area contributed by atoms with Crippen LogP contribution in [0.1, 0.15) is 23.2 Å². The Kier molecular flexibility index (Phi) is 5.84. The van der Waals surface area contributed by atoms with E-state index < -0.39 is 6.04 Å². The molecule has 23 heavy (non-hydrogen) atoms. The van der Waals surface area contributed by atoms with E-state index in [2.05, 4.69) is 5.32 Å². The number of carbonyl (C=O) groups is 1. The van der Waals surface area contributed by atoms with Gasteiger partial charge in [-0.2, -0.15) is 0 Å². The number of nitrogens with zero attached hydrogens (tertiary/aromatic N) is 1. The van der Waals surface area contributed by atoms with Crippen molar-refractivity contribution in [3.05, 3.63) is 71.5 Å². The highest BCUT2D eigenvalue weighted by Crippen LogP contribution is 2.18. The number of amides is 1. The van der Waals surface area contributed by atoms with Crippen LogP contribution < -0.4 is 11.1 Å². The van der Waals surface area contributed by atoms with Crippen molar-refractivity contribution in [2.24, 2.45) is 5.73 Å². The van der Waals surface area contributed by atoms with E-state index >= 15 is 0 Å². The second-order valence-corrected chi connectivity index (χ2v) is 5.67. The second-order valence-electron chi connectivity index (χ2n) is 5.67. The summed E-state index contributed by atoms with van der Waals surface area (Å²) in [5.74, 6) is -0.541. The Labute approximate surface area is 136 Å². The molecule has 0 aromatic heterocycles. The van der Waals surface area contributed by atoms with Crippen LogP contribution in [-0.2, 0) is 4.79 Å². The molecule has 0 bridgehead atoms. The van der Waals surface area contributed by atoms with Crippen molar-refractivity contribution < 1.29 is 9.18 Å². The van der Waals surface area contributed by atoms with E-state index in [-0.39, 0.29) is 17.8 Å². The van der Waals surface area contributed by atoms with Crippen LogP contribution in [0, 0.1) is 5.82 Å². The quantitative estimate of drug-likeness (QED) is 0.859. The predicted octanol–water partition coefficient (Wildman–Crippen LogP) is 2.24. The molecule has 0 aliphatic rings. The summed E-state index contributed by atoms with van der Waals surface area (Å²) in [5.41, 5.74) is 7.55. The molecule has 122 valence electrons. The number of hydrogen-bond donors (Lipinski definition) is 2. The molecule has 4 nitrogen and oxygen atoms in total. The van der Waals surface area contributed by atoms with E-state index in [0.717, 1.165) is 11.1 Å². The highest BCUT2D eigenvalue weighted by atomic mass is 19.1. The van der Waals surface area contributed by atoms with Crippen molar-refractivity contribution in [3.63, 3.8) is 0 Å². The third-order valence-electron chi connectivity index (χ3n) is 3.77. The van der Waals surface area contributed by atoms with E-state index in [0.29, 0.717) is 6.54 Å². The number of carbonyl (C=O) groups excluding carboxylic acids is 1. The van der Waals surface area contributed by atoms with Crippen molar-refractivity contribution in [2.75, 3.05) is 20.6 Å². The topological polar surface area (TPSA) is 58.4 Å². The van der Waals surface area contributed by atoms with Gasteiger partial charge in [-0.05, 0) is 37.4 Å². The molecular weight excluding hydrogens is 293 g/mol. The van der Waals surface area contributed by atoms with Gasteiger partial charge in [0.2, 0.25) is 5.91 Å². The van der Waals surface area contributed by atoms with E-state index in [1.54, 1.807) is 6.07 Å². The molecule has 0 saturated heterocycles. The lowest BCUT2D eigenvalue weighted by atomic mass is 10.0. The third kappa shape index (κ3) is 4.61. The molecule has 3 N–H and O–H groups in total. The van der Waals surface area contributed by atoms with Gasteiger partial charge in [0.05, 0.1) is 6.04 Å². The fraction of sp³-hybridized carbons (Fsp3) is 0.278. The average Bonchev–Trinajstić information content (AvgIpc) is 2.54. The zero-order chi connectivity index (χ0) is 16.8. The molecular formula is C18H22FN3O. The molecule has 0 heterocycles. The Bertz CT molecular complexity index is 646. The summed E-state index contributed by atoms with van der Waals surface area (Å²) in [5, 5.41) is 2.85. The van der Waals surface area contributed by atoms with Crippen LogP contribution in [0.5, 0.6) is 0 Å². The molecule has 2 aromatic rings. The summed E-state index contributed by atoms with van der Waals surface area (Å²) in [6.45, 7) is 0.357. The van der Waals surface area contributed by atoms with Crippen molar-refractivity contribution in [3.8, 4) is 0 Å². The zero-order valence-electron chi connectivity index (χ0n) is 13.4. The summed E-state index contributed by atoms with van der Waals surface area (Å²) >= 11 is 0. The lowest BCUT2D eigenvalue weighted by molar-refractivity contribution is -0.122. The Morgan fingerprint density at radius 2 is 1.78 bits per heavy atom. The predicted molar refractivity (Wildman–Crippen MR) is 89.2 cm³/mol. The molecule has 0 aliphatic heterocycles. The number of hydrogen-bond acceptors (Lipinski definition) is 3. The maximum atomic E-state index is 13.4. The van der Waals surface area contributed by atoms with Gasteiger partial charge < -0.3 is 16.0 Å². The fourth-order valence-electron chi connectivity index (χ4n) is 2.43. The fourth-order valence-corrected chi connectivity index (χ4v) is 2.43. The number of halogens is 1. The molecule has 2 rings (SSSR count). The first-order valence-electron chi connectivity index (χ1n) is 7.49. The summed E-state index contributed by atoms with van der Waals surface area (Å²) in [4.78, 5) is 14.2. The van der Waals surface area contributed by atoms with Crippen LogP contribution in [0.4, 0.5) is 4.39 Å². The minimum atomic E-state index is -0.716. The average molecular weight is 315 g/mol. The molecule has 0 fully saturated rings. The highest BCUT2D eigenvalue weighted by Gasteiger charge is 2.19. The van der Waals surface area contributed by atoms with Crippen LogP contribution in [0.25, 0.3) is 0 Å². The van der Waals surface area contributed by atoms with Crippen molar-refractivity contribution in [2.45, 2.75) is 12.1 Å². The van der Waals surface area contributed by atoms with Crippen LogP contribution in [0.3, 0.4) is 0 Å². The Balaban J connectivity index is 2.03. The Morgan fingerprint density at radius 3 is 2.39 bits per heavy atom. The maximum Gasteiger partial charge on any atom is 0.241 e. The number of likely N-dealkylation sites (N-methyl/N-ethyl adjacent to an activating group) is 1. The number of rotatable bonds is 6. The maximum absolute atomic E-state index is 13.4. The monoisotopic (exact) mass is 315 g/mol. The van der Waals surface area contributed by atoms with Gasteiger partial charge in [0.25, 0.3) is 0 Å². The molecule has 2 aromatic carbocycles. The highest BCUT2D eigenvalue weighted by molar-refractivity contribution is 5.82. The molecule has 2 atom stereocenters. The molecule has 5 heteroatoms. The van der Waals surface area contributed by atoms with Gasteiger partial charge in [-0.3, -0.25) is 4.79 Å². The van der Waals surface area contributed by atoms with E-state index in [4.69, 9.17) is 5.73 Å². The molecule has 2 unspecified atom stereocenters. The van der Waals surface area contributed by atoms with Gasteiger partial charge in [0.1, 0.15) is 11.9 Å². The molecule has 1 amide bonds. The number of nitrogens with two attached hydrogens (primary N) is 1. The zero-order valence-corrected chi connectivity index (χ0v) is 13.4. The summed E-state index contributed by atoms with van der Waals surface area (Å²) in [7, 11) is 3.78. The lowest BCUT2D eigenvalue weighted by Gasteiger charge is -2.26. The van der Waals surface area contributed by atoms with Crippen LogP contribution in [-0.4, -0.2) is 31.4 Å². The van der Waals surface area contributed by atoms with Crippen molar-refractivity contribution in [1.29, 1.82) is 0 Å². The normalized spacial score (nSPS) is 13.6. The first-order chi connectivity index (χ1) is 11.0. The van der Waals surface area contributed by atoms with Crippen LogP contribution in [0.2, 0.25) is 0 Å². The van der Waals surface area contributed by atoms with Gasteiger partial charge in [-0.15, -0.1) is 0 Å². The lowest BCUT2D eigenvalue weighted by Crippen LogP contribution is -2.39. The number of benzene rings is 2. The third-order valence-corrected chi connectivity index (χ3v) is 3.77. The minimum absolute atomic E-state index is 0.127. The molecule has 0 spiro atoms. The summed E-state index contributed by atoms with van der Waals surface area (Å²) in [6.07, 6.45) is 0. The first-order valence-corrected chi connectivity index (χ1v) is 7.49.